The zero-order valence-corrected chi connectivity index (χ0v) is 11.9. The number of ether oxygens (including phenoxy) is 1. The quantitative estimate of drug-likeness (QED) is 0.771. The maximum absolute atomic E-state index is 11.6. The Kier molecular flexibility index (Phi) is 3.87. The van der Waals surface area contributed by atoms with Gasteiger partial charge in [-0.2, -0.15) is 0 Å². The predicted molar refractivity (Wildman–Crippen MR) is 76.6 cm³/mol. The number of rotatable bonds is 1. The summed E-state index contributed by atoms with van der Waals surface area (Å²) in [5.41, 5.74) is 0. The first-order valence-corrected chi connectivity index (χ1v) is 7.27. The van der Waals surface area contributed by atoms with E-state index in [1.165, 1.54) is 0 Å². The second-order valence-corrected chi connectivity index (χ2v) is 5.56. The highest BCUT2D eigenvalue weighted by Gasteiger charge is 2.34. The fraction of sp³-hybridized carbons (Fsp3) is 0.600. The Morgan fingerprint density at radius 3 is 3.00 bits per heavy atom. The monoisotopic (exact) mass is 275 g/mol. The minimum Gasteiger partial charge on any atom is -0.374 e. The molecule has 20 heavy (non-hydrogen) atoms. The number of fused-ring (bicyclic) bond motifs is 1. The van der Waals surface area contributed by atoms with Gasteiger partial charge < -0.3 is 14.5 Å². The van der Waals surface area contributed by atoms with Crippen LogP contribution in [-0.2, 0) is 9.53 Å². The fourth-order valence-corrected chi connectivity index (χ4v) is 3.09. The van der Waals surface area contributed by atoms with Gasteiger partial charge in [0.2, 0.25) is 5.91 Å². The summed E-state index contributed by atoms with van der Waals surface area (Å²) in [7, 11) is 0. The molecule has 2 aliphatic rings. The molecule has 2 atom stereocenters. The zero-order chi connectivity index (χ0) is 13.9. The molecule has 0 spiro atoms. The van der Waals surface area contributed by atoms with Crippen molar-refractivity contribution in [3.05, 3.63) is 24.4 Å². The van der Waals surface area contributed by atoms with Crippen molar-refractivity contribution in [1.82, 2.24) is 9.88 Å². The van der Waals surface area contributed by atoms with Crippen LogP contribution in [0.15, 0.2) is 24.4 Å². The van der Waals surface area contributed by atoms with E-state index >= 15 is 0 Å². The van der Waals surface area contributed by atoms with Crippen LogP contribution in [0.2, 0.25) is 0 Å². The Labute approximate surface area is 119 Å². The standard InChI is InChI=1S/C15H21N3O2/c1-12(19)17-8-9-20-14-11-18(7-5-13(14)10-17)15-4-2-3-6-16-15/h2-4,6,13-14H,5,7-11H2,1H3/t13-,14-/m1/s1. The van der Waals surface area contributed by atoms with Crippen molar-refractivity contribution in [1.29, 1.82) is 0 Å². The Morgan fingerprint density at radius 2 is 2.25 bits per heavy atom. The number of pyridine rings is 1. The number of amides is 1. The number of carbonyl (C=O) groups is 1. The molecule has 108 valence electrons. The average molecular weight is 275 g/mol. The highest BCUT2D eigenvalue weighted by Crippen LogP contribution is 2.26. The lowest BCUT2D eigenvalue weighted by atomic mass is 9.93. The van der Waals surface area contributed by atoms with Crippen LogP contribution in [-0.4, -0.2) is 54.7 Å². The van der Waals surface area contributed by atoms with E-state index in [1.807, 2.05) is 29.3 Å². The van der Waals surface area contributed by atoms with Crippen LogP contribution in [0.4, 0.5) is 5.82 Å². The van der Waals surface area contributed by atoms with Gasteiger partial charge in [0.1, 0.15) is 5.82 Å². The van der Waals surface area contributed by atoms with E-state index in [0.29, 0.717) is 19.1 Å². The highest BCUT2D eigenvalue weighted by atomic mass is 16.5. The number of hydrogen-bond donors (Lipinski definition) is 0. The Bertz CT molecular complexity index is 465. The maximum Gasteiger partial charge on any atom is 0.219 e. The van der Waals surface area contributed by atoms with Crippen LogP contribution in [0.25, 0.3) is 0 Å². The van der Waals surface area contributed by atoms with Crippen molar-refractivity contribution >= 4 is 11.7 Å². The van der Waals surface area contributed by atoms with Crippen molar-refractivity contribution in [3.63, 3.8) is 0 Å². The molecule has 0 aromatic carbocycles. The molecule has 2 fully saturated rings. The van der Waals surface area contributed by atoms with Gasteiger partial charge in [0, 0.05) is 45.2 Å². The molecule has 0 unspecified atom stereocenters. The van der Waals surface area contributed by atoms with Crippen LogP contribution < -0.4 is 4.90 Å². The van der Waals surface area contributed by atoms with Crippen LogP contribution in [0.1, 0.15) is 13.3 Å². The van der Waals surface area contributed by atoms with E-state index in [9.17, 15) is 4.79 Å². The SMILES string of the molecule is CC(=O)N1CCO[C@@H]2CN(c3ccccn3)CC[C@@H]2C1. The molecular formula is C15H21N3O2. The Morgan fingerprint density at radius 1 is 1.35 bits per heavy atom. The number of nitrogens with zero attached hydrogens (tertiary/aromatic N) is 3. The summed E-state index contributed by atoms with van der Waals surface area (Å²) in [6.07, 6.45) is 3.08. The summed E-state index contributed by atoms with van der Waals surface area (Å²) >= 11 is 0. The third-order valence-corrected chi connectivity index (χ3v) is 4.26. The van der Waals surface area contributed by atoms with E-state index in [-0.39, 0.29) is 12.0 Å². The Balaban J connectivity index is 1.68. The molecule has 0 radical (unpaired) electrons. The van der Waals surface area contributed by atoms with Gasteiger partial charge in [-0.25, -0.2) is 4.98 Å². The van der Waals surface area contributed by atoms with Gasteiger partial charge in [0.05, 0.1) is 12.7 Å². The van der Waals surface area contributed by atoms with Crippen molar-refractivity contribution < 1.29 is 9.53 Å². The van der Waals surface area contributed by atoms with Crippen LogP contribution in [0, 0.1) is 5.92 Å². The zero-order valence-electron chi connectivity index (χ0n) is 11.9. The summed E-state index contributed by atoms with van der Waals surface area (Å²) in [5.74, 6) is 1.62. The number of piperidine rings is 1. The molecule has 0 bridgehead atoms. The number of hydrogen-bond acceptors (Lipinski definition) is 4. The summed E-state index contributed by atoms with van der Waals surface area (Å²) in [4.78, 5) is 20.2. The third kappa shape index (κ3) is 2.77. The fourth-order valence-electron chi connectivity index (χ4n) is 3.09. The number of anilines is 1. The summed E-state index contributed by atoms with van der Waals surface area (Å²) < 4.78 is 5.98. The molecule has 3 rings (SSSR count). The van der Waals surface area contributed by atoms with Crippen LogP contribution in [0.3, 0.4) is 0 Å². The van der Waals surface area contributed by atoms with Gasteiger partial charge in [0.15, 0.2) is 0 Å². The smallest absolute Gasteiger partial charge is 0.219 e. The first kappa shape index (κ1) is 13.4. The molecule has 1 aromatic rings. The van der Waals surface area contributed by atoms with Crippen molar-refractivity contribution in [2.75, 3.05) is 37.7 Å². The second-order valence-electron chi connectivity index (χ2n) is 5.56. The maximum atomic E-state index is 11.6. The molecule has 1 aromatic heterocycles. The van der Waals surface area contributed by atoms with E-state index in [2.05, 4.69) is 9.88 Å². The van der Waals surface area contributed by atoms with Gasteiger partial charge >= 0.3 is 0 Å². The van der Waals surface area contributed by atoms with E-state index in [0.717, 1.165) is 31.9 Å². The highest BCUT2D eigenvalue weighted by molar-refractivity contribution is 5.73. The van der Waals surface area contributed by atoms with Crippen molar-refractivity contribution in [2.24, 2.45) is 5.92 Å². The molecule has 5 nitrogen and oxygen atoms in total. The summed E-state index contributed by atoms with van der Waals surface area (Å²) in [6, 6.07) is 5.99. The van der Waals surface area contributed by atoms with E-state index in [4.69, 9.17) is 4.74 Å². The molecule has 0 N–H and O–H groups in total. The molecule has 5 heteroatoms. The van der Waals surface area contributed by atoms with Crippen molar-refractivity contribution in [3.8, 4) is 0 Å². The molecule has 1 amide bonds. The van der Waals surface area contributed by atoms with E-state index < -0.39 is 0 Å². The number of carbonyl (C=O) groups excluding carboxylic acids is 1. The first-order chi connectivity index (χ1) is 9.74. The summed E-state index contributed by atoms with van der Waals surface area (Å²) in [6.45, 7) is 5.67. The predicted octanol–water partition coefficient (Wildman–Crippen LogP) is 1.16. The average Bonchev–Trinajstić information content (AvgIpc) is 2.69. The molecule has 0 aliphatic carbocycles. The van der Waals surface area contributed by atoms with Gasteiger partial charge in [-0.15, -0.1) is 0 Å². The third-order valence-electron chi connectivity index (χ3n) is 4.26. The minimum atomic E-state index is 0.154. The molecule has 2 saturated heterocycles. The van der Waals surface area contributed by atoms with E-state index in [1.54, 1.807) is 6.92 Å². The number of aromatic nitrogens is 1. The topological polar surface area (TPSA) is 45.7 Å². The molecule has 2 aliphatic heterocycles. The normalized spacial score (nSPS) is 26.9. The molecular weight excluding hydrogens is 254 g/mol. The molecule has 3 heterocycles. The van der Waals surface area contributed by atoms with Crippen LogP contribution in [0.5, 0.6) is 0 Å². The van der Waals surface area contributed by atoms with Crippen molar-refractivity contribution in [2.45, 2.75) is 19.4 Å². The lowest BCUT2D eigenvalue weighted by Crippen LogP contribution is -2.47. The summed E-state index contributed by atoms with van der Waals surface area (Å²) in [5, 5.41) is 0. The molecule has 0 saturated carbocycles. The van der Waals surface area contributed by atoms with Gasteiger partial charge in [0.25, 0.3) is 0 Å². The van der Waals surface area contributed by atoms with Gasteiger partial charge in [-0.1, -0.05) is 6.07 Å². The minimum absolute atomic E-state index is 0.154. The van der Waals surface area contributed by atoms with Gasteiger partial charge in [-0.05, 0) is 18.6 Å². The lowest BCUT2D eigenvalue weighted by Gasteiger charge is -2.38. The second kappa shape index (κ2) is 5.79. The first-order valence-electron chi connectivity index (χ1n) is 7.27. The van der Waals surface area contributed by atoms with Crippen LogP contribution >= 0.6 is 0 Å². The lowest BCUT2D eigenvalue weighted by molar-refractivity contribution is -0.129. The Hall–Kier alpha value is -1.62. The largest absolute Gasteiger partial charge is 0.374 e. The van der Waals surface area contributed by atoms with Gasteiger partial charge in [-0.3, -0.25) is 4.79 Å².